The number of amides is 1. The Hall–Kier alpha value is -0.460. The molecule has 0 aromatic carbocycles. The van der Waals surface area contributed by atoms with Gasteiger partial charge in [-0.3, -0.25) is 18.4 Å². The molecule has 0 heterocycles. The molecular weight excluding hydrogens is 283 g/mol. The number of quaternary nitrogens is 1. The second-order valence-electron chi connectivity index (χ2n) is 4.22. The molecule has 0 unspecified atom stereocenters. The second kappa shape index (κ2) is 13.5. The molecule has 2 N–H and O–H groups in total. The van der Waals surface area contributed by atoms with E-state index in [1.807, 2.05) is 48.8 Å². The first-order valence-electron chi connectivity index (χ1n) is 6.72. The molecule has 0 aliphatic heterocycles. The van der Waals surface area contributed by atoms with Crippen molar-refractivity contribution in [1.82, 2.24) is 0 Å². The number of hydrogen-bond donors (Lipinski definition) is 1. The summed E-state index contributed by atoms with van der Waals surface area (Å²) in [4.78, 5) is 10.5. The van der Waals surface area contributed by atoms with Gasteiger partial charge in [0.25, 0.3) is 0 Å². The first-order valence-corrected chi connectivity index (χ1v) is 8.18. The summed E-state index contributed by atoms with van der Waals surface area (Å²) in [5.74, 6) is -0.729. The highest BCUT2D eigenvalue weighted by atomic mass is 31.2. The lowest BCUT2D eigenvalue weighted by Crippen LogP contribution is -2.37. The number of nitrogens with two attached hydrogens (primary N) is 1. The molecule has 0 radical (unpaired) electrons. The normalized spacial score (nSPS) is 13.2. The maximum absolute atomic E-state index is 11.7. The summed E-state index contributed by atoms with van der Waals surface area (Å²) in [7, 11) is 3.43. The van der Waals surface area contributed by atoms with Crippen LogP contribution in [0.25, 0.3) is 0 Å². The van der Waals surface area contributed by atoms with Crippen LogP contribution in [0.3, 0.4) is 0 Å². The third-order valence-corrected chi connectivity index (χ3v) is 2.99. The molecule has 20 heavy (non-hydrogen) atoms. The van der Waals surface area contributed by atoms with Crippen LogP contribution in [0.15, 0.2) is 0 Å². The standard InChI is InChI=1S/C8H19N2O5P.2C2H6/c1-10(2,3)5-6-14-16(12,13-4)15-7-8(9)11;2*1-2/h5-7H2,1-4H3,(H-,9,11);2*1-2H3/p+1/t16-;;/m1../s1. The maximum atomic E-state index is 11.7. The maximum Gasteiger partial charge on any atom is 0.475 e. The number of primary amides is 1. The van der Waals surface area contributed by atoms with Gasteiger partial charge in [-0.05, 0) is 0 Å². The van der Waals surface area contributed by atoms with Crippen molar-refractivity contribution >= 4 is 13.7 Å². The molecule has 7 nitrogen and oxygen atoms in total. The van der Waals surface area contributed by atoms with Crippen LogP contribution in [0.4, 0.5) is 0 Å². The van der Waals surface area contributed by atoms with Crippen molar-refractivity contribution in [2.75, 3.05) is 48.0 Å². The minimum absolute atomic E-state index is 0.202. The number of carbonyl (C=O) groups is 1. The van der Waals surface area contributed by atoms with E-state index >= 15 is 0 Å². The smallest absolute Gasteiger partial charge is 0.368 e. The third-order valence-electron chi connectivity index (χ3n) is 1.60. The fourth-order valence-electron chi connectivity index (χ4n) is 0.712. The quantitative estimate of drug-likeness (QED) is 0.547. The Morgan fingerprint density at radius 1 is 1.10 bits per heavy atom. The van der Waals surface area contributed by atoms with E-state index in [9.17, 15) is 9.36 Å². The summed E-state index contributed by atoms with van der Waals surface area (Å²) < 4.78 is 26.6. The van der Waals surface area contributed by atoms with Gasteiger partial charge in [0.2, 0.25) is 5.91 Å². The number of phosphoric ester groups is 1. The molecule has 0 rings (SSSR count). The number of hydrogen-bond acceptors (Lipinski definition) is 5. The monoisotopic (exact) mass is 315 g/mol. The van der Waals surface area contributed by atoms with Gasteiger partial charge in [-0.1, -0.05) is 27.7 Å². The molecule has 0 saturated carbocycles. The Balaban J connectivity index is -0.000000656. The lowest BCUT2D eigenvalue weighted by molar-refractivity contribution is -0.870. The highest BCUT2D eigenvalue weighted by molar-refractivity contribution is 7.48. The van der Waals surface area contributed by atoms with Crippen molar-refractivity contribution in [3.8, 4) is 0 Å². The fourth-order valence-corrected chi connectivity index (χ4v) is 1.59. The van der Waals surface area contributed by atoms with Crippen LogP contribution in [-0.2, 0) is 22.9 Å². The van der Waals surface area contributed by atoms with Crippen LogP contribution in [0.2, 0.25) is 0 Å². The Morgan fingerprint density at radius 3 is 1.85 bits per heavy atom. The number of rotatable bonds is 8. The molecule has 0 aliphatic carbocycles. The van der Waals surface area contributed by atoms with Crippen LogP contribution >= 0.6 is 7.82 Å². The van der Waals surface area contributed by atoms with Crippen LogP contribution in [-0.4, -0.2) is 58.4 Å². The van der Waals surface area contributed by atoms with E-state index in [2.05, 4.69) is 9.05 Å². The van der Waals surface area contributed by atoms with Crippen LogP contribution in [0.1, 0.15) is 27.7 Å². The lowest BCUT2D eigenvalue weighted by atomic mass is 10.5. The first kappa shape index (κ1) is 24.6. The van der Waals surface area contributed by atoms with Crippen molar-refractivity contribution in [2.45, 2.75) is 27.7 Å². The van der Waals surface area contributed by atoms with Gasteiger partial charge in [0, 0.05) is 7.11 Å². The summed E-state index contributed by atoms with van der Waals surface area (Å²) in [6.07, 6.45) is 0. The van der Waals surface area contributed by atoms with Crippen molar-refractivity contribution in [1.29, 1.82) is 0 Å². The van der Waals surface area contributed by atoms with Gasteiger partial charge in [0.1, 0.15) is 19.8 Å². The lowest BCUT2D eigenvalue weighted by Gasteiger charge is -2.24. The average molecular weight is 315 g/mol. The molecule has 0 fully saturated rings. The summed E-state index contributed by atoms with van der Waals surface area (Å²) in [5, 5.41) is 0. The Labute approximate surface area is 123 Å². The molecule has 8 heteroatoms. The minimum Gasteiger partial charge on any atom is -0.368 e. The predicted octanol–water partition coefficient (Wildman–Crippen LogP) is 2.02. The fraction of sp³-hybridized carbons (Fsp3) is 0.917. The number of likely N-dealkylation sites (N-methyl/N-ethyl adjacent to an activating group) is 1. The summed E-state index contributed by atoms with van der Waals surface area (Å²) in [6, 6.07) is 0. The SMILES string of the molecule is CC.CC.CO[P@](=O)(OCC[N+](C)(C)C)OCC(N)=O. The average Bonchev–Trinajstić information content (AvgIpc) is 2.40. The van der Waals surface area contributed by atoms with E-state index in [0.29, 0.717) is 11.0 Å². The van der Waals surface area contributed by atoms with E-state index in [1.54, 1.807) is 0 Å². The van der Waals surface area contributed by atoms with Crippen molar-refractivity contribution in [3.05, 3.63) is 0 Å². The number of phosphoric acid groups is 1. The molecule has 0 aromatic heterocycles. The van der Waals surface area contributed by atoms with E-state index in [-0.39, 0.29) is 6.61 Å². The number of nitrogens with zero attached hydrogens (tertiary/aromatic N) is 1. The van der Waals surface area contributed by atoms with Gasteiger partial charge in [-0.2, -0.15) is 0 Å². The van der Waals surface area contributed by atoms with Gasteiger partial charge in [-0.15, -0.1) is 0 Å². The van der Waals surface area contributed by atoms with Crippen LogP contribution in [0, 0.1) is 0 Å². The summed E-state index contributed by atoms with van der Waals surface area (Å²) >= 11 is 0. The van der Waals surface area contributed by atoms with Gasteiger partial charge in [-0.25, -0.2) is 4.57 Å². The van der Waals surface area contributed by atoms with Gasteiger partial charge < -0.3 is 10.2 Å². The Kier molecular flexibility index (Phi) is 16.6. The highest BCUT2D eigenvalue weighted by Gasteiger charge is 2.26. The molecular formula is C12H32N2O5P+. The molecule has 124 valence electrons. The van der Waals surface area contributed by atoms with E-state index in [1.165, 1.54) is 7.11 Å². The molecule has 0 bridgehead atoms. The summed E-state index contributed by atoms with van der Waals surface area (Å²) in [5.41, 5.74) is 4.85. The van der Waals surface area contributed by atoms with Gasteiger partial charge in [0.15, 0.2) is 0 Å². The second-order valence-corrected chi connectivity index (χ2v) is 5.99. The minimum atomic E-state index is -3.65. The van der Waals surface area contributed by atoms with E-state index in [4.69, 9.17) is 10.3 Å². The van der Waals surface area contributed by atoms with Crippen LogP contribution in [0.5, 0.6) is 0 Å². The van der Waals surface area contributed by atoms with E-state index < -0.39 is 20.3 Å². The molecule has 0 spiro atoms. The van der Waals surface area contributed by atoms with Crippen molar-refractivity contribution < 1.29 is 27.4 Å². The molecule has 0 saturated heterocycles. The van der Waals surface area contributed by atoms with E-state index in [0.717, 1.165) is 0 Å². The van der Waals surface area contributed by atoms with Crippen molar-refractivity contribution in [3.63, 3.8) is 0 Å². The van der Waals surface area contributed by atoms with Gasteiger partial charge >= 0.3 is 7.82 Å². The Bertz CT molecular complexity index is 280. The van der Waals surface area contributed by atoms with Crippen LogP contribution < -0.4 is 5.73 Å². The molecule has 0 aliphatic rings. The predicted molar refractivity (Wildman–Crippen MR) is 81.3 cm³/mol. The Morgan fingerprint density at radius 2 is 1.55 bits per heavy atom. The molecule has 0 aromatic rings. The third kappa shape index (κ3) is 17.5. The topological polar surface area (TPSA) is 87.8 Å². The molecule has 1 atom stereocenters. The van der Waals surface area contributed by atoms with Gasteiger partial charge in [0.05, 0.1) is 21.1 Å². The zero-order chi connectivity index (χ0) is 16.8. The van der Waals surface area contributed by atoms with Crippen molar-refractivity contribution in [2.24, 2.45) is 5.73 Å². The zero-order valence-electron chi connectivity index (χ0n) is 14.1. The number of carbonyl (C=O) groups excluding carboxylic acids is 1. The zero-order valence-corrected chi connectivity index (χ0v) is 15.0. The molecule has 1 amide bonds. The summed E-state index contributed by atoms with van der Waals surface area (Å²) in [6.45, 7) is 8.34. The highest BCUT2D eigenvalue weighted by Crippen LogP contribution is 2.48. The first-order chi connectivity index (χ1) is 9.18. The largest absolute Gasteiger partial charge is 0.475 e.